The number of aryl methyl sites for hydroxylation is 1. The molecule has 0 radical (unpaired) electrons. The zero-order chi connectivity index (χ0) is 14.5. The van der Waals surface area contributed by atoms with E-state index < -0.39 is 0 Å². The molecule has 1 aromatic rings. The van der Waals surface area contributed by atoms with Gasteiger partial charge in [-0.15, -0.1) is 0 Å². The largest absolute Gasteiger partial charge is 0.382 e. The number of halogens is 1. The molecule has 0 aromatic carbocycles. The fourth-order valence-corrected chi connectivity index (χ4v) is 3.19. The van der Waals surface area contributed by atoms with Gasteiger partial charge < -0.3 is 5.32 Å². The Bertz CT molecular complexity index is 492. The monoisotopic (exact) mass is 341 g/mol. The van der Waals surface area contributed by atoms with Crippen LogP contribution < -0.4 is 10.9 Å². The van der Waals surface area contributed by atoms with Crippen LogP contribution in [0.1, 0.15) is 46.0 Å². The second-order valence-corrected chi connectivity index (χ2v) is 6.70. The quantitative estimate of drug-likeness (QED) is 0.888. The number of rotatable bonds is 5. The van der Waals surface area contributed by atoms with Gasteiger partial charge in [-0.1, -0.05) is 26.7 Å². The maximum atomic E-state index is 12.1. The lowest BCUT2D eigenvalue weighted by atomic mass is 9.83. The van der Waals surface area contributed by atoms with Gasteiger partial charge in [-0.05, 0) is 47.0 Å². The van der Waals surface area contributed by atoms with Crippen molar-refractivity contribution in [3.8, 4) is 0 Å². The summed E-state index contributed by atoms with van der Waals surface area (Å²) in [5, 5.41) is 7.60. The Kier molecular flexibility index (Phi) is 5.64. The minimum atomic E-state index is -0.0471. The summed E-state index contributed by atoms with van der Waals surface area (Å²) in [6.45, 7) is 5.97. The van der Waals surface area contributed by atoms with Gasteiger partial charge in [0.1, 0.15) is 4.47 Å². The smallest absolute Gasteiger partial charge is 0.283 e. The van der Waals surface area contributed by atoms with Crippen LogP contribution in [-0.2, 0) is 6.54 Å². The summed E-state index contributed by atoms with van der Waals surface area (Å²) in [7, 11) is 0. The van der Waals surface area contributed by atoms with Crippen LogP contribution in [0.2, 0.25) is 0 Å². The van der Waals surface area contributed by atoms with Gasteiger partial charge in [0.25, 0.3) is 5.56 Å². The highest BCUT2D eigenvalue weighted by molar-refractivity contribution is 9.10. The Labute approximate surface area is 129 Å². The third-order valence-electron chi connectivity index (χ3n) is 4.14. The molecule has 0 spiro atoms. The Morgan fingerprint density at radius 3 is 2.75 bits per heavy atom. The predicted molar refractivity (Wildman–Crippen MR) is 86.1 cm³/mol. The van der Waals surface area contributed by atoms with Crippen molar-refractivity contribution >= 4 is 21.6 Å². The molecule has 0 aliphatic heterocycles. The first kappa shape index (κ1) is 15.5. The molecule has 1 heterocycles. The SMILES string of the molecule is CCCn1ncc(NCC2CCC(C)CC2)c(Br)c1=O. The van der Waals surface area contributed by atoms with E-state index >= 15 is 0 Å². The molecule has 1 saturated carbocycles. The molecule has 0 saturated heterocycles. The molecule has 1 N–H and O–H groups in total. The Morgan fingerprint density at radius 2 is 2.10 bits per heavy atom. The van der Waals surface area contributed by atoms with Crippen molar-refractivity contribution in [1.82, 2.24) is 9.78 Å². The number of hydrogen-bond donors (Lipinski definition) is 1. The molecule has 1 aliphatic carbocycles. The highest BCUT2D eigenvalue weighted by atomic mass is 79.9. The lowest BCUT2D eigenvalue weighted by Gasteiger charge is -2.26. The third-order valence-corrected chi connectivity index (χ3v) is 4.90. The first-order chi connectivity index (χ1) is 9.61. The average Bonchev–Trinajstić information content (AvgIpc) is 2.45. The van der Waals surface area contributed by atoms with Crippen molar-refractivity contribution in [3.05, 3.63) is 21.0 Å². The minimum absolute atomic E-state index is 0.0471. The van der Waals surface area contributed by atoms with Crippen molar-refractivity contribution in [1.29, 1.82) is 0 Å². The predicted octanol–water partition coefficient (Wildman–Crippen LogP) is 3.65. The van der Waals surface area contributed by atoms with E-state index in [9.17, 15) is 4.79 Å². The molecule has 1 aliphatic rings. The third kappa shape index (κ3) is 3.84. The van der Waals surface area contributed by atoms with Gasteiger partial charge >= 0.3 is 0 Å². The number of hydrogen-bond acceptors (Lipinski definition) is 3. The summed E-state index contributed by atoms with van der Waals surface area (Å²) < 4.78 is 2.11. The van der Waals surface area contributed by atoms with Crippen LogP contribution in [0.25, 0.3) is 0 Å². The van der Waals surface area contributed by atoms with Crippen molar-refractivity contribution in [2.75, 3.05) is 11.9 Å². The lowest BCUT2D eigenvalue weighted by Crippen LogP contribution is -2.26. The van der Waals surface area contributed by atoms with Crippen LogP contribution in [-0.4, -0.2) is 16.3 Å². The first-order valence-electron chi connectivity index (χ1n) is 7.61. The average molecular weight is 342 g/mol. The number of nitrogens with one attached hydrogen (secondary N) is 1. The van der Waals surface area contributed by atoms with Gasteiger partial charge in [0.05, 0.1) is 11.9 Å². The molecule has 1 fully saturated rings. The molecule has 5 heteroatoms. The maximum absolute atomic E-state index is 12.1. The van der Waals surface area contributed by atoms with Gasteiger partial charge in [-0.2, -0.15) is 5.10 Å². The first-order valence-corrected chi connectivity index (χ1v) is 8.40. The molecule has 4 nitrogen and oxygen atoms in total. The Hall–Kier alpha value is -0.840. The second kappa shape index (κ2) is 7.25. The number of aromatic nitrogens is 2. The highest BCUT2D eigenvalue weighted by Gasteiger charge is 2.18. The fraction of sp³-hybridized carbons (Fsp3) is 0.733. The molecule has 1 aromatic heterocycles. The molecular weight excluding hydrogens is 318 g/mol. The molecule has 112 valence electrons. The second-order valence-electron chi connectivity index (χ2n) is 5.91. The number of nitrogens with zero attached hydrogens (tertiary/aromatic N) is 2. The normalized spacial score (nSPS) is 22.8. The van der Waals surface area contributed by atoms with Crippen LogP contribution in [0.5, 0.6) is 0 Å². The fourth-order valence-electron chi connectivity index (χ4n) is 2.75. The standard InChI is InChI=1S/C15H24BrN3O/c1-3-8-19-15(20)14(16)13(10-18-19)17-9-12-6-4-11(2)5-7-12/h10-12,17H,3-9H2,1-2H3. The van der Waals surface area contributed by atoms with E-state index in [0.29, 0.717) is 11.0 Å². The lowest BCUT2D eigenvalue weighted by molar-refractivity contribution is 0.300. The van der Waals surface area contributed by atoms with Crippen molar-refractivity contribution in [2.45, 2.75) is 52.5 Å². The van der Waals surface area contributed by atoms with Crippen LogP contribution in [0.4, 0.5) is 5.69 Å². The van der Waals surface area contributed by atoms with Crippen LogP contribution in [0, 0.1) is 11.8 Å². The van der Waals surface area contributed by atoms with Gasteiger partial charge in [-0.3, -0.25) is 4.79 Å². The van der Waals surface area contributed by atoms with E-state index in [-0.39, 0.29) is 5.56 Å². The van der Waals surface area contributed by atoms with E-state index in [1.165, 1.54) is 30.4 Å². The Morgan fingerprint density at radius 1 is 1.40 bits per heavy atom. The summed E-state index contributed by atoms with van der Waals surface area (Å²) in [5.41, 5.74) is 0.773. The number of anilines is 1. The molecule has 20 heavy (non-hydrogen) atoms. The summed E-state index contributed by atoms with van der Waals surface area (Å²) in [5.74, 6) is 1.59. The van der Waals surface area contributed by atoms with E-state index in [2.05, 4.69) is 33.3 Å². The Balaban J connectivity index is 1.96. The van der Waals surface area contributed by atoms with E-state index in [1.807, 2.05) is 6.92 Å². The van der Waals surface area contributed by atoms with Gasteiger partial charge in [0, 0.05) is 13.1 Å². The highest BCUT2D eigenvalue weighted by Crippen LogP contribution is 2.28. The zero-order valence-electron chi connectivity index (χ0n) is 12.4. The molecule has 0 amide bonds. The van der Waals surface area contributed by atoms with Gasteiger partial charge in [0.15, 0.2) is 0 Å². The van der Waals surface area contributed by atoms with E-state index in [4.69, 9.17) is 0 Å². The summed E-state index contributed by atoms with van der Waals surface area (Å²) in [6.07, 6.45) is 7.88. The topological polar surface area (TPSA) is 46.9 Å². The van der Waals surface area contributed by atoms with Crippen molar-refractivity contribution in [3.63, 3.8) is 0 Å². The molecule has 2 rings (SSSR count). The van der Waals surface area contributed by atoms with Crippen molar-refractivity contribution in [2.24, 2.45) is 11.8 Å². The van der Waals surface area contributed by atoms with E-state index in [0.717, 1.165) is 30.5 Å². The zero-order valence-corrected chi connectivity index (χ0v) is 13.9. The van der Waals surface area contributed by atoms with Crippen molar-refractivity contribution < 1.29 is 0 Å². The van der Waals surface area contributed by atoms with Crippen LogP contribution in [0.3, 0.4) is 0 Å². The van der Waals surface area contributed by atoms with Crippen LogP contribution in [0.15, 0.2) is 15.5 Å². The van der Waals surface area contributed by atoms with Gasteiger partial charge in [0.2, 0.25) is 0 Å². The molecule has 0 unspecified atom stereocenters. The molecule has 0 atom stereocenters. The summed E-state index contributed by atoms with van der Waals surface area (Å²) >= 11 is 3.40. The minimum Gasteiger partial charge on any atom is -0.382 e. The van der Waals surface area contributed by atoms with Gasteiger partial charge in [-0.25, -0.2) is 4.68 Å². The van der Waals surface area contributed by atoms with E-state index in [1.54, 1.807) is 6.20 Å². The molecule has 0 bridgehead atoms. The maximum Gasteiger partial charge on any atom is 0.283 e. The van der Waals surface area contributed by atoms with Crippen LogP contribution >= 0.6 is 15.9 Å². The summed E-state index contributed by atoms with van der Waals surface area (Å²) in [4.78, 5) is 12.1. The molecular formula is C15H24BrN3O. The summed E-state index contributed by atoms with van der Waals surface area (Å²) in [6, 6.07) is 0.